The van der Waals surface area contributed by atoms with Gasteiger partial charge in [0.25, 0.3) is 0 Å². The number of carbonyl (C=O) groups is 1. The Morgan fingerprint density at radius 1 is 0.909 bits per heavy atom. The van der Waals surface area contributed by atoms with Crippen molar-refractivity contribution in [3.63, 3.8) is 0 Å². The molecule has 0 bridgehead atoms. The van der Waals surface area contributed by atoms with Crippen molar-refractivity contribution in [2.75, 3.05) is 26.1 Å². The highest BCUT2D eigenvalue weighted by Crippen LogP contribution is 2.32. The number of methoxy groups -OCH3 is 2. The number of benzene rings is 3. The van der Waals surface area contributed by atoms with E-state index >= 15 is 0 Å². The van der Waals surface area contributed by atoms with Crippen molar-refractivity contribution in [3.05, 3.63) is 72.8 Å². The van der Waals surface area contributed by atoms with E-state index in [0.29, 0.717) is 22.9 Å². The number of hydrogen-bond donors (Lipinski definition) is 2. The summed E-state index contributed by atoms with van der Waals surface area (Å²) in [5.74, 6) is 2.37. The number of para-hydroxylation sites is 1. The molecule has 0 aliphatic carbocycles. The Hall–Kier alpha value is -4.33. The highest BCUT2D eigenvalue weighted by atomic mass is 16.5. The Morgan fingerprint density at radius 2 is 1.70 bits per heavy atom. The minimum absolute atomic E-state index is 0.152. The maximum atomic E-state index is 12.4. The van der Waals surface area contributed by atoms with E-state index in [2.05, 4.69) is 20.5 Å². The Bertz CT molecular complexity index is 1220. The molecule has 0 aliphatic heterocycles. The summed E-state index contributed by atoms with van der Waals surface area (Å²) >= 11 is 0. The molecule has 0 atom stereocenters. The van der Waals surface area contributed by atoms with Gasteiger partial charge in [-0.15, -0.1) is 5.10 Å². The molecule has 0 aliphatic rings. The molecular formula is C25H24N4O4. The van der Waals surface area contributed by atoms with Crippen LogP contribution in [0.4, 0.5) is 5.95 Å². The second kappa shape index (κ2) is 10.3. The summed E-state index contributed by atoms with van der Waals surface area (Å²) in [4.78, 5) is 16.7. The number of anilines is 1. The van der Waals surface area contributed by atoms with E-state index in [1.807, 2.05) is 60.7 Å². The van der Waals surface area contributed by atoms with Crippen LogP contribution in [-0.2, 0) is 4.79 Å². The van der Waals surface area contributed by atoms with Gasteiger partial charge in [-0.2, -0.15) is 4.98 Å². The molecule has 33 heavy (non-hydrogen) atoms. The first-order valence-corrected chi connectivity index (χ1v) is 10.4. The second-order valence-electron chi connectivity index (χ2n) is 7.08. The van der Waals surface area contributed by atoms with Crippen molar-refractivity contribution >= 4 is 11.9 Å². The Kier molecular flexibility index (Phi) is 6.84. The predicted molar refractivity (Wildman–Crippen MR) is 126 cm³/mol. The lowest BCUT2D eigenvalue weighted by molar-refractivity contribution is -0.116. The molecule has 1 aromatic heterocycles. The third-order valence-electron chi connectivity index (χ3n) is 4.96. The first kappa shape index (κ1) is 21.9. The summed E-state index contributed by atoms with van der Waals surface area (Å²) in [6.45, 7) is 0.221. The third-order valence-corrected chi connectivity index (χ3v) is 4.96. The molecule has 4 aromatic rings. The van der Waals surface area contributed by atoms with Gasteiger partial charge in [0.2, 0.25) is 11.9 Å². The molecule has 0 spiro atoms. The molecule has 0 saturated carbocycles. The first-order valence-electron chi connectivity index (χ1n) is 10.4. The van der Waals surface area contributed by atoms with Crippen molar-refractivity contribution in [3.8, 4) is 39.8 Å². The molecule has 1 heterocycles. The standard InChI is InChI=1S/C25H24N4O4/c1-31-18-12-13-20(22(16-18)32-2)24-27-25(29-28-24)26-23(30)14-15-33-21-11-7-6-10-19(21)17-8-4-3-5-9-17/h3-13,16H,14-15H2,1-2H3,(H2,26,27,28,29,30). The van der Waals surface area contributed by atoms with Gasteiger partial charge < -0.3 is 14.2 Å². The van der Waals surface area contributed by atoms with E-state index in [0.717, 1.165) is 16.9 Å². The van der Waals surface area contributed by atoms with Crippen molar-refractivity contribution in [1.29, 1.82) is 0 Å². The van der Waals surface area contributed by atoms with E-state index in [1.54, 1.807) is 26.4 Å². The highest BCUT2D eigenvalue weighted by Gasteiger charge is 2.14. The van der Waals surface area contributed by atoms with Gasteiger partial charge in [-0.05, 0) is 23.8 Å². The molecule has 8 nitrogen and oxygen atoms in total. The van der Waals surface area contributed by atoms with E-state index in [-0.39, 0.29) is 24.9 Å². The van der Waals surface area contributed by atoms with Crippen LogP contribution in [0.3, 0.4) is 0 Å². The summed E-state index contributed by atoms with van der Waals surface area (Å²) in [6.07, 6.45) is 0.152. The van der Waals surface area contributed by atoms with Crippen LogP contribution in [-0.4, -0.2) is 41.9 Å². The summed E-state index contributed by atoms with van der Waals surface area (Å²) in [7, 11) is 3.15. The number of aromatic nitrogens is 3. The van der Waals surface area contributed by atoms with Crippen LogP contribution in [0.5, 0.6) is 17.2 Å². The zero-order chi connectivity index (χ0) is 23.0. The van der Waals surface area contributed by atoms with E-state index in [4.69, 9.17) is 14.2 Å². The van der Waals surface area contributed by atoms with Crippen LogP contribution in [0, 0.1) is 0 Å². The summed E-state index contributed by atoms with van der Waals surface area (Å²) in [5, 5.41) is 9.58. The smallest absolute Gasteiger partial charge is 0.249 e. The lowest BCUT2D eigenvalue weighted by atomic mass is 10.1. The number of aromatic amines is 1. The number of ether oxygens (including phenoxy) is 3. The summed E-state index contributed by atoms with van der Waals surface area (Å²) in [5.41, 5.74) is 2.73. The van der Waals surface area contributed by atoms with E-state index in [1.165, 1.54) is 0 Å². The number of hydrogen-bond acceptors (Lipinski definition) is 6. The zero-order valence-electron chi connectivity index (χ0n) is 18.4. The maximum absolute atomic E-state index is 12.4. The number of H-pyrrole nitrogens is 1. The fraction of sp³-hybridized carbons (Fsp3) is 0.160. The number of carbonyl (C=O) groups excluding carboxylic acids is 1. The summed E-state index contributed by atoms with van der Waals surface area (Å²) in [6, 6.07) is 23.1. The van der Waals surface area contributed by atoms with Crippen LogP contribution < -0.4 is 19.5 Å². The van der Waals surface area contributed by atoms with Crippen LogP contribution >= 0.6 is 0 Å². The molecule has 1 amide bonds. The van der Waals surface area contributed by atoms with Crippen LogP contribution in [0.15, 0.2) is 72.8 Å². The number of amides is 1. The molecule has 2 N–H and O–H groups in total. The lowest BCUT2D eigenvalue weighted by Crippen LogP contribution is -2.16. The average molecular weight is 444 g/mol. The van der Waals surface area contributed by atoms with Crippen molar-refractivity contribution in [1.82, 2.24) is 15.2 Å². The molecule has 8 heteroatoms. The molecule has 4 rings (SSSR count). The van der Waals surface area contributed by atoms with Gasteiger partial charge in [0, 0.05) is 11.6 Å². The molecule has 0 unspecified atom stereocenters. The zero-order valence-corrected chi connectivity index (χ0v) is 18.4. The molecule has 0 saturated heterocycles. The Morgan fingerprint density at radius 3 is 2.48 bits per heavy atom. The molecule has 3 aromatic carbocycles. The molecule has 0 radical (unpaired) electrons. The van der Waals surface area contributed by atoms with Crippen molar-refractivity contribution in [2.45, 2.75) is 6.42 Å². The van der Waals surface area contributed by atoms with Gasteiger partial charge in [0.1, 0.15) is 17.2 Å². The quantitative estimate of drug-likeness (QED) is 0.393. The third kappa shape index (κ3) is 5.30. The maximum Gasteiger partial charge on any atom is 0.249 e. The average Bonchev–Trinajstić information content (AvgIpc) is 3.32. The molecular weight excluding hydrogens is 420 g/mol. The minimum atomic E-state index is -0.251. The fourth-order valence-electron chi connectivity index (χ4n) is 3.32. The van der Waals surface area contributed by atoms with Crippen LogP contribution in [0.25, 0.3) is 22.5 Å². The molecule has 0 fully saturated rings. The predicted octanol–water partition coefficient (Wildman–Crippen LogP) is 4.56. The second-order valence-corrected chi connectivity index (χ2v) is 7.08. The lowest BCUT2D eigenvalue weighted by Gasteiger charge is -2.11. The minimum Gasteiger partial charge on any atom is -0.497 e. The van der Waals surface area contributed by atoms with Gasteiger partial charge >= 0.3 is 0 Å². The SMILES string of the molecule is COc1ccc(-c2nc(NC(=O)CCOc3ccccc3-c3ccccc3)n[nH]2)c(OC)c1. The first-order chi connectivity index (χ1) is 16.2. The van der Waals surface area contributed by atoms with Gasteiger partial charge in [0.05, 0.1) is 32.8 Å². The van der Waals surface area contributed by atoms with Crippen molar-refractivity contribution in [2.24, 2.45) is 0 Å². The Labute approximate surface area is 191 Å². The molecule has 168 valence electrons. The number of nitrogens with one attached hydrogen (secondary N) is 2. The highest BCUT2D eigenvalue weighted by molar-refractivity contribution is 5.89. The number of rotatable bonds is 9. The Balaban J connectivity index is 1.35. The van der Waals surface area contributed by atoms with Crippen LogP contribution in [0.2, 0.25) is 0 Å². The topological polar surface area (TPSA) is 98.4 Å². The largest absolute Gasteiger partial charge is 0.497 e. The monoisotopic (exact) mass is 444 g/mol. The number of nitrogens with zero attached hydrogens (tertiary/aromatic N) is 2. The van der Waals surface area contributed by atoms with Gasteiger partial charge in [-0.1, -0.05) is 48.5 Å². The van der Waals surface area contributed by atoms with E-state index < -0.39 is 0 Å². The van der Waals surface area contributed by atoms with Gasteiger partial charge in [-0.25, -0.2) is 0 Å². The fourth-order valence-corrected chi connectivity index (χ4v) is 3.32. The van der Waals surface area contributed by atoms with Crippen molar-refractivity contribution < 1.29 is 19.0 Å². The van der Waals surface area contributed by atoms with Gasteiger partial charge in [-0.3, -0.25) is 15.2 Å². The van der Waals surface area contributed by atoms with Crippen LogP contribution in [0.1, 0.15) is 6.42 Å². The normalized spacial score (nSPS) is 10.5. The summed E-state index contributed by atoms with van der Waals surface area (Å²) < 4.78 is 16.5. The van der Waals surface area contributed by atoms with Gasteiger partial charge in [0.15, 0.2) is 5.82 Å². The van der Waals surface area contributed by atoms with E-state index in [9.17, 15) is 4.79 Å².